The van der Waals surface area contributed by atoms with E-state index in [0.29, 0.717) is 6.54 Å². The Balaban J connectivity index is 4.12. The molecule has 4 heteroatoms. The zero-order valence-corrected chi connectivity index (χ0v) is 12.0. The monoisotopic (exact) mass is 243 g/mol. The van der Waals surface area contributed by atoms with E-state index >= 15 is 0 Å². The van der Waals surface area contributed by atoms with Gasteiger partial charge in [-0.3, -0.25) is 9.69 Å². The highest BCUT2D eigenvalue weighted by Crippen LogP contribution is 2.13. The molecule has 0 aliphatic carbocycles. The first-order valence-corrected chi connectivity index (χ1v) is 6.57. The molecule has 1 amide bonds. The van der Waals surface area contributed by atoms with Crippen LogP contribution in [0.3, 0.4) is 0 Å². The summed E-state index contributed by atoms with van der Waals surface area (Å²) in [6, 6.07) is -0.143. The molecule has 1 unspecified atom stereocenters. The topological polar surface area (TPSA) is 58.4 Å². The van der Waals surface area contributed by atoms with E-state index < -0.39 is 0 Å². The Labute approximate surface area is 106 Å². The Bertz CT molecular complexity index is 229. The molecule has 0 heterocycles. The van der Waals surface area contributed by atoms with Gasteiger partial charge in [0.2, 0.25) is 5.91 Å². The molecule has 0 rings (SSSR count). The number of hydrogen-bond donors (Lipinski definition) is 2. The predicted molar refractivity (Wildman–Crippen MR) is 72.9 cm³/mol. The minimum Gasteiger partial charge on any atom is -0.355 e. The largest absolute Gasteiger partial charge is 0.355 e. The van der Waals surface area contributed by atoms with Crippen LogP contribution < -0.4 is 11.1 Å². The van der Waals surface area contributed by atoms with Crippen LogP contribution in [-0.2, 0) is 4.79 Å². The first-order chi connectivity index (χ1) is 7.86. The maximum absolute atomic E-state index is 11.9. The van der Waals surface area contributed by atoms with Crippen LogP contribution in [0.4, 0.5) is 0 Å². The second-order valence-electron chi connectivity index (χ2n) is 5.30. The Morgan fingerprint density at radius 1 is 1.41 bits per heavy atom. The molecule has 0 aliphatic rings. The summed E-state index contributed by atoms with van der Waals surface area (Å²) in [6.45, 7) is 9.49. The van der Waals surface area contributed by atoms with E-state index in [1.54, 1.807) is 0 Å². The van der Waals surface area contributed by atoms with Crippen LogP contribution >= 0.6 is 0 Å². The Morgan fingerprint density at radius 3 is 2.47 bits per heavy atom. The molecule has 0 aliphatic heterocycles. The maximum Gasteiger partial charge on any atom is 0.237 e. The smallest absolute Gasteiger partial charge is 0.237 e. The Hall–Kier alpha value is -0.610. The average molecular weight is 243 g/mol. The minimum atomic E-state index is -0.153. The number of rotatable bonds is 8. The van der Waals surface area contributed by atoms with Crippen molar-refractivity contribution in [2.75, 3.05) is 20.1 Å². The molecule has 102 valence electrons. The van der Waals surface area contributed by atoms with Crippen LogP contribution in [0.1, 0.15) is 47.0 Å². The third-order valence-corrected chi connectivity index (χ3v) is 3.49. The summed E-state index contributed by atoms with van der Waals surface area (Å²) in [7, 11) is 1.95. The van der Waals surface area contributed by atoms with Gasteiger partial charge in [0.25, 0.3) is 0 Å². The standard InChI is InChI=1S/C13H29N3O/c1-6-7-8-9-15-12(17)11(2)16(5)13(3,4)10-14/h11H,6-10,14H2,1-5H3,(H,15,17). The lowest BCUT2D eigenvalue weighted by Gasteiger charge is -2.38. The van der Waals surface area contributed by atoms with E-state index in [1.165, 1.54) is 12.8 Å². The van der Waals surface area contributed by atoms with Crippen LogP contribution in [0.2, 0.25) is 0 Å². The minimum absolute atomic E-state index is 0.0881. The van der Waals surface area contributed by atoms with Gasteiger partial charge in [-0.15, -0.1) is 0 Å². The molecule has 0 fully saturated rings. The summed E-state index contributed by atoms with van der Waals surface area (Å²) in [5, 5.41) is 2.97. The van der Waals surface area contributed by atoms with Crippen molar-refractivity contribution >= 4 is 5.91 Å². The molecular formula is C13H29N3O. The van der Waals surface area contributed by atoms with Crippen molar-refractivity contribution in [2.24, 2.45) is 5.73 Å². The molecule has 0 radical (unpaired) electrons. The van der Waals surface area contributed by atoms with Crippen molar-refractivity contribution in [1.82, 2.24) is 10.2 Å². The fourth-order valence-electron chi connectivity index (χ4n) is 1.58. The second kappa shape index (κ2) is 7.67. The van der Waals surface area contributed by atoms with E-state index in [-0.39, 0.29) is 17.5 Å². The van der Waals surface area contributed by atoms with E-state index in [1.807, 2.05) is 32.7 Å². The molecule has 17 heavy (non-hydrogen) atoms. The maximum atomic E-state index is 11.9. The number of unbranched alkanes of at least 4 members (excludes halogenated alkanes) is 2. The van der Waals surface area contributed by atoms with E-state index in [0.717, 1.165) is 13.0 Å². The third-order valence-electron chi connectivity index (χ3n) is 3.49. The lowest BCUT2D eigenvalue weighted by atomic mass is 10.0. The van der Waals surface area contributed by atoms with Crippen molar-refractivity contribution < 1.29 is 4.79 Å². The highest BCUT2D eigenvalue weighted by Gasteiger charge is 2.29. The average Bonchev–Trinajstić information content (AvgIpc) is 2.32. The lowest BCUT2D eigenvalue weighted by molar-refractivity contribution is -0.127. The van der Waals surface area contributed by atoms with Gasteiger partial charge >= 0.3 is 0 Å². The van der Waals surface area contributed by atoms with E-state index in [2.05, 4.69) is 12.2 Å². The second-order valence-corrected chi connectivity index (χ2v) is 5.30. The first-order valence-electron chi connectivity index (χ1n) is 6.57. The van der Waals surface area contributed by atoms with Gasteiger partial charge in [0.15, 0.2) is 0 Å². The molecule has 0 saturated carbocycles. The molecule has 1 atom stereocenters. The van der Waals surface area contributed by atoms with Crippen LogP contribution in [0.15, 0.2) is 0 Å². The van der Waals surface area contributed by atoms with Crippen LogP contribution in [-0.4, -0.2) is 42.5 Å². The summed E-state index contributed by atoms with van der Waals surface area (Å²) < 4.78 is 0. The Morgan fingerprint density at radius 2 is 2.00 bits per heavy atom. The fraction of sp³-hybridized carbons (Fsp3) is 0.923. The number of nitrogens with zero attached hydrogens (tertiary/aromatic N) is 1. The molecule has 0 aromatic carbocycles. The van der Waals surface area contributed by atoms with Crippen molar-refractivity contribution in [1.29, 1.82) is 0 Å². The fourth-order valence-corrected chi connectivity index (χ4v) is 1.58. The molecule has 0 bridgehead atoms. The normalized spacial score (nSPS) is 13.8. The van der Waals surface area contributed by atoms with Crippen molar-refractivity contribution in [3.63, 3.8) is 0 Å². The molecular weight excluding hydrogens is 214 g/mol. The summed E-state index contributed by atoms with van der Waals surface area (Å²) in [5.41, 5.74) is 5.56. The van der Waals surface area contributed by atoms with E-state index in [9.17, 15) is 4.79 Å². The third kappa shape index (κ3) is 5.50. The highest BCUT2D eigenvalue weighted by atomic mass is 16.2. The van der Waals surface area contributed by atoms with Gasteiger partial charge in [-0.1, -0.05) is 19.8 Å². The number of likely N-dealkylation sites (N-methyl/N-ethyl adjacent to an activating group) is 1. The number of hydrogen-bond acceptors (Lipinski definition) is 3. The van der Waals surface area contributed by atoms with Crippen molar-refractivity contribution in [3.05, 3.63) is 0 Å². The highest BCUT2D eigenvalue weighted by molar-refractivity contribution is 5.81. The summed E-state index contributed by atoms with van der Waals surface area (Å²) in [6.07, 6.45) is 3.39. The zero-order chi connectivity index (χ0) is 13.5. The van der Waals surface area contributed by atoms with Gasteiger partial charge in [0, 0.05) is 18.6 Å². The van der Waals surface area contributed by atoms with Gasteiger partial charge in [-0.25, -0.2) is 0 Å². The van der Waals surface area contributed by atoms with Gasteiger partial charge in [0.1, 0.15) is 0 Å². The van der Waals surface area contributed by atoms with Crippen molar-refractivity contribution in [2.45, 2.75) is 58.5 Å². The summed E-state index contributed by atoms with van der Waals surface area (Å²) in [4.78, 5) is 13.9. The molecule has 4 nitrogen and oxygen atoms in total. The quantitative estimate of drug-likeness (QED) is 0.633. The molecule has 0 saturated heterocycles. The summed E-state index contributed by atoms with van der Waals surface area (Å²) in [5.74, 6) is 0.0881. The SMILES string of the molecule is CCCCCNC(=O)C(C)N(C)C(C)(C)CN. The van der Waals surface area contributed by atoms with Crippen LogP contribution in [0, 0.1) is 0 Å². The van der Waals surface area contributed by atoms with Gasteiger partial charge in [0.05, 0.1) is 6.04 Å². The van der Waals surface area contributed by atoms with Crippen LogP contribution in [0.25, 0.3) is 0 Å². The van der Waals surface area contributed by atoms with Gasteiger partial charge in [-0.2, -0.15) is 0 Å². The molecule has 3 N–H and O–H groups in total. The first kappa shape index (κ1) is 16.4. The molecule has 0 aromatic rings. The van der Waals surface area contributed by atoms with Gasteiger partial charge < -0.3 is 11.1 Å². The number of amides is 1. The molecule has 0 aromatic heterocycles. The zero-order valence-electron chi connectivity index (χ0n) is 12.0. The Kier molecular flexibility index (Phi) is 7.39. The van der Waals surface area contributed by atoms with Crippen LogP contribution in [0.5, 0.6) is 0 Å². The number of carbonyl (C=O) groups is 1. The number of nitrogens with two attached hydrogens (primary N) is 1. The molecule has 0 spiro atoms. The predicted octanol–water partition coefficient (Wildman–Crippen LogP) is 1.35. The van der Waals surface area contributed by atoms with Crippen molar-refractivity contribution in [3.8, 4) is 0 Å². The number of nitrogens with one attached hydrogen (secondary N) is 1. The lowest BCUT2D eigenvalue weighted by Crippen LogP contribution is -2.55. The number of carbonyl (C=O) groups excluding carboxylic acids is 1. The summed E-state index contributed by atoms with van der Waals surface area (Å²) >= 11 is 0. The van der Waals surface area contributed by atoms with Gasteiger partial charge in [-0.05, 0) is 34.2 Å². The van der Waals surface area contributed by atoms with E-state index in [4.69, 9.17) is 5.73 Å².